The Balaban J connectivity index is 0.00000280. The van der Waals surface area contributed by atoms with E-state index in [1.807, 2.05) is 4.68 Å². The number of hydrogen-bond donors (Lipinski definition) is 2. The number of guanidine groups is 1. The quantitative estimate of drug-likeness (QED) is 0.373. The summed E-state index contributed by atoms with van der Waals surface area (Å²) in [6.45, 7) is 4.80. The van der Waals surface area contributed by atoms with E-state index in [9.17, 15) is 8.78 Å². The van der Waals surface area contributed by atoms with Crippen LogP contribution in [0.2, 0.25) is 0 Å². The first-order valence-corrected chi connectivity index (χ1v) is 9.43. The predicted octanol–water partition coefficient (Wildman–Crippen LogP) is 3.63. The zero-order valence-corrected chi connectivity index (χ0v) is 18.8. The van der Waals surface area contributed by atoms with Gasteiger partial charge in [0.05, 0.1) is 5.69 Å². The molecule has 2 N–H and O–H groups in total. The summed E-state index contributed by atoms with van der Waals surface area (Å²) in [5.41, 5.74) is 3.10. The van der Waals surface area contributed by atoms with Gasteiger partial charge in [0.2, 0.25) is 0 Å². The summed E-state index contributed by atoms with van der Waals surface area (Å²) in [7, 11) is 1.72. The Hall–Kier alpha value is -1.71. The van der Waals surface area contributed by atoms with Crippen molar-refractivity contribution in [1.29, 1.82) is 0 Å². The zero-order valence-electron chi connectivity index (χ0n) is 16.5. The van der Waals surface area contributed by atoms with E-state index in [2.05, 4.69) is 35.7 Å². The molecule has 154 valence electrons. The van der Waals surface area contributed by atoms with Gasteiger partial charge in [-0.15, -0.1) is 24.0 Å². The van der Waals surface area contributed by atoms with Gasteiger partial charge in [-0.2, -0.15) is 5.10 Å². The summed E-state index contributed by atoms with van der Waals surface area (Å²) < 4.78 is 28.5. The lowest BCUT2D eigenvalue weighted by Gasteiger charge is -2.24. The number of aliphatic imine (C=N–C) groups is 1. The average molecular weight is 503 g/mol. The van der Waals surface area contributed by atoms with Crippen LogP contribution in [0.4, 0.5) is 8.78 Å². The average Bonchev–Trinajstić information content (AvgIpc) is 3.03. The molecule has 0 saturated carbocycles. The van der Waals surface area contributed by atoms with E-state index in [0.717, 1.165) is 31.0 Å². The van der Waals surface area contributed by atoms with Crippen molar-refractivity contribution >= 4 is 29.9 Å². The SMILES string of the molecule is CN=C(NCCc1cc(F)cc(F)c1)NC1CCc2cn(C(C)C)nc2C1.I. The van der Waals surface area contributed by atoms with Gasteiger partial charge in [-0.3, -0.25) is 9.67 Å². The Kier molecular flexibility index (Phi) is 8.21. The minimum Gasteiger partial charge on any atom is -0.356 e. The zero-order chi connectivity index (χ0) is 19.4. The molecule has 5 nitrogen and oxygen atoms in total. The van der Waals surface area contributed by atoms with Crippen LogP contribution in [0.15, 0.2) is 29.4 Å². The molecule has 2 aromatic rings. The van der Waals surface area contributed by atoms with Gasteiger partial charge in [0.15, 0.2) is 5.96 Å². The molecule has 8 heteroatoms. The molecular weight excluding hydrogens is 475 g/mol. The van der Waals surface area contributed by atoms with Crippen molar-refractivity contribution in [1.82, 2.24) is 20.4 Å². The van der Waals surface area contributed by atoms with Crippen molar-refractivity contribution in [2.45, 2.75) is 51.6 Å². The molecule has 0 spiro atoms. The minimum atomic E-state index is -0.550. The third kappa shape index (κ3) is 5.89. The minimum absolute atomic E-state index is 0. The summed E-state index contributed by atoms with van der Waals surface area (Å²) in [6, 6.07) is 4.23. The summed E-state index contributed by atoms with van der Waals surface area (Å²) in [5, 5.41) is 11.4. The number of hydrogen-bond acceptors (Lipinski definition) is 2. The summed E-state index contributed by atoms with van der Waals surface area (Å²) in [5.74, 6) is -0.402. The first-order valence-electron chi connectivity index (χ1n) is 9.43. The normalized spacial score (nSPS) is 16.5. The fraction of sp³-hybridized carbons (Fsp3) is 0.500. The molecule has 0 radical (unpaired) electrons. The molecule has 1 atom stereocenters. The van der Waals surface area contributed by atoms with Gasteiger partial charge in [0.25, 0.3) is 0 Å². The van der Waals surface area contributed by atoms with E-state index < -0.39 is 11.6 Å². The number of rotatable bonds is 5. The number of aryl methyl sites for hydroxylation is 1. The lowest BCUT2D eigenvalue weighted by atomic mass is 9.94. The second kappa shape index (κ2) is 10.2. The van der Waals surface area contributed by atoms with Gasteiger partial charge in [0.1, 0.15) is 11.6 Å². The van der Waals surface area contributed by atoms with Crippen molar-refractivity contribution in [2.75, 3.05) is 13.6 Å². The number of aromatic nitrogens is 2. The smallest absolute Gasteiger partial charge is 0.191 e. The summed E-state index contributed by atoms with van der Waals surface area (Å²) in [4.78, 5) is 4.26. The molecule has 1 aromatic carbocycles. The van der Waals surface area contributed by atoms with Crippen LogP contribution in [0.25, 0.3) is 0 Å². The van der Waals surface area contributed by atoms with Gasteiger partial charge in [-0.1, -0.05) is 0 Å². The monoisotopic (exact) mass is 503 g/mol. The number of nitrogens with zero attached hydrogens (tertiary/aromatic N) is 3. The largest absolute Gasteiger partial charge is 0.356 e. The van der Waals surface area contributed by atoms with Crippen LogP contribution in [-0.4, -0.2) is 35.4 Å². The van der Waals surface area contributed by atoms with E-state index in [4.69, 9.17) is 5.10 Å². The second-order valence-electron chi connectivity index (χ2n) is 7.29. The Bertz CT molecular complexity index is 799. The number of halogens is 3. The lowest BCUT2D eigenvalue weighted by Crippen LogP contribution is -2.46. The standard InChI is InChI=1S/C20H27F2N5.HI/c1-13(2)27-12-15-4-5-18(11-19(15)26-27)25-20(23-3)24-7-6-14-8-16(21)10-17(22)9-14;/h8-10,12-13,18H,4-7,11H2,1-3H3,(H2,23,24,25);1H. The second-order valence-corrected chi connectivity index (χ2v) is 7.29. The van der Waals surface area contributed by atoms with Gasteiger partial charge in [-0.25, -0.2) is 8.78 Å². The van der Waals surface area contributed by atoms with Crippen LogP contribution < -0.4 is 10.6 Å². The molecule has 0 bridgehead atoms. The fourth-order valence-corrected chi connectivity index (χ4v) is 3.37. The Morgan fingerprint density at radius 3 is 2.64 bits per heavy atom. The van der Waals surface area contributed by atoms with Gasteiger partial charge in [-0.05, 0) is 56.4 Å². The van der Waals surface area contributed by atoms with E-state index in [-0.39, 0.29) is 30.0 Å². The Morgan fingerprint density at radius 1 is 1.29 bits per heavy atom. The highest BCUT2D eigenvalue weighted by Crippen LogP contribution is 2.21. The van der Waals surface area contributed by atoms with Crippen molar-refractivity contribution < 1.29 is 8.78 Å². The van der Waals surface area contributed by atoms with Gasteiger partial charge in [0, 0.05) is 44.4 Å². The topological polar surface area (TPSA) is 54.2 Å². The molecule has 1 aromatic heterocycles. The van der Waals surface area contributed by atoms with Crippen LogP contribution in [0, 0.1) is 11.6 Å². The molecule has 0 saturated heterocycles. The maximum Gasteiger partial charge on any atom is 0.191 e. The number of fused-ring (bicyclic) bond motifs is 1. The van der Waals surface area contributed by atoms with Crippen LogP contribution >= 0.6 is 24.0 Å². The van der Waals surface area contributed by atoms with E-state index >= 15 is 0 Å². The molecule has 1 aliphatic carbocycles. The third-order valence-corrected chi connectivity index (χ3v) is 4.82. The van der Waals surface area contributed by atoms with Crippen LogP contribution in [0.3, 0.4) is 0 Å². The van der Waals surface area contributed by atoms with Crippen molar-refractivity contribution in [3.8, 4) is 0 Å². The van der Waals surface area contributed by atoms with E-state index in [0.29, 0.717) is 30.5 Å². The van der Waals surface area contributed by atoms with Gasteiger partial charge >= 0.3 is 0 Å². The highest BCUT2D eigenvalue weighted by Gasteiger charge is 2.22. The molecule has 1 unspecified atom stereocenters. The van der Waals surface area contributed by atoms with Crippen LogP contribution in [0.5, 0.6) is 0 Å². The molecule has 0 fully saturated rings. The Labute approximate surface area is 182 Å². The van der Waals surface area contributed by atoms with Gasteiger partial charge < -0.3 is 10.6 Å². The highest BCUT2D eigenvalue weighted by molar-refractivity contribution is 14.0. The first kappa shape index (κ1) is 22.6. The van der Waals surface area contributed by atoms with E-state index in [1.165, 1.54) is 17.7 Å². The predicted molar refractivity (Wildman–Crippen MR) is 118 cm³/mol. The van der Waals surface area contributed by atoms with Crippen LogP contribution in [0.1, 0.15) is 43.1 Å². The van der Waals surface area contributed by atoms with E-state index in [1.54, 1.807) is 7.05 Å². The summed E-state index contributed by atoms with van der Waals surface area (Å²) in [6.07, 6.45) is 5.56. The molecule has 0 amide bonds. The van der Waals surface area contributed by atoms with Crippen LogP contribution in [-0.2, 0) is 19.3 Å². The maximum absolute atomic E-state index is 13.3. The fourth-order valence-electron chi connectivity index (χ4n) is 3.37. The summed E-state index contributed by atoms with van der Waals surface area (Å²) >= 11 is 0. The first-order chi connectivity index (χ1) is 12.9. The lowest BCUT2D eigenvalue weighted by molar-refractivity contribution is 0.499. The van der Waals surface area contributed by atoms with Crippen molar-refractivity contribution in [3.63, 3.8) is 0 Å². The molecular formula is C20H28F2IN5. The molecule has 1 aliphatic rings. The molecule has 28 heavy (non-hydrogen) atoms. The van der Waals surface area contributed by atoms with Crippen molar-refractivity contribution in [2.24, 2.45) is 4.99 Å². The third-order valence-electron chi connectivity index (χ3n) is 4.82. The molecule has 0 aliphatic heterocycles. The number of benzene rings is 1. The maximum atomic E-state index is 13.3. The molecule has 1 heterocycles. The molecule has 3 rings (SSSR count). The highest BCUT2D eigenvalue weighted by atomic mass is 127. The Morgan fingerprint density at radius 2 is 2.00 bits per heavy atom. The number of nitrogens with one attached hydrogen (secondary N) is 2. The van der Waals surface area contributed by atoms with Crippen molar-refractivity contribution in [3.05, 3.63) is 52.9 Å².